The molecule has 0 spiro atoms. The number of hydrogen-bond acceptors (Lipinski definition) is 3. The molecular formula is C18H20ClN5. The number of aromatic nitrogens is 4. The molecule has 3 aromatic rings. The second kappa shape index (κ2) is 5.67. The highest BCUT2D eigenvalue weighted by Crippen LogP contribution is 2.33. The van der Waals surface area contributed by atoms with E-state index < -0.39 is 0 Å². The second-order valence-electron chi connectivity index (χ2n) is 6.33. The third-order valence-corrected chi connectivity index (χ3v) is 5.07. The maximum absolute atomic E-state index is 6.73. The van der Waals surface area contributed by atoms with E-state index >= 15 is 0 Å². The highest BCUT2D eigenvalue weighted by molar-refractivity contribution is 6.33. The molecule has 5 nitrogen and oxygen atoms in total. The van der Waals surface area contributed by atoms with Crippen LogP contribution in [0.5, 0.6) is 0 Å². The van der Waals surface area contributed by atoms with Crippen LogP contribution in [0.15, 0.2) is 36.5 Å². The second-order valence-corrected chi connectivity index (χ2v) is 6.70. The topological polar surface area (TPSA) is 38.9 Å². The summed E-state index contributed by atoms with van der Waals surface area (Å²) in [6.45, 7) is 8.69. The summed E-state index contributed by atoms with van der Waals surface area (Å²) in [5, 5.41) is 5.47. The Hall–Kier alpha value is -2.27. The number of imidazole rings is 1. The molecule has 0 aliphatic carbocycles. The van der Waals surface area contributed by atoms with Gasteiger partial charge in [-0.25, -0.2) is 4.98 Å². The molecule has 0 saturated heterocycles. The number of benzene rings is 1. The van der Waals surface area contributed by atoms with Crippen molar-refractivity contribution in [3.63, 3.8) is 0 Å². The first kappa shape index (κ1) is 15.3. The Morgan fingerprint density at radius 2 is 2.04 bits per heavy atom. The lowest BCUT2D eigenvalue weighted by atomic mass is 10.3. The lowest BCUT2D eigenvalue weighted by Crippen LogP contribution is -2.20. The fourth-order valence-electron chi connectivity index (χ4n) is 3.31. The van der Waals surface area contributed by atoms with Crippen molar-refractivity contribution in [2.24, 2.45) is 7.05 Å². The van der Waals surface area contributed by atoms with Gasteiger partial charge in [-0.1, -0.05) is 30.3 Å². The third-order valence-electron chi connectivity index (χ3n) is 4.67. The van der Waals surface area contributed by atoms with Crippen molar-refractivity contribution in [1.82, 2.24) is 24.2 Å². The number of allylic oxidation sites excluding steroid dienone is 1. The van der Waals surface area contributed by atoms with E-state index in [1.807, 2.05) is 36.9 Å². The third kappa shape index (κ3) is 2.31. The number of para-hydroxylation sites is 2. The molecule has 0 saturated carbocycles. The molecule has 0 fully saturated rings. The van der Waals surface area contributed by atoms with Crippen molar-refractivity contribution in [1.29, 1.82) is 0 Å². The Kier molecular flexibility index (Phi) is 3.61. The van der Waals surface area contributed by atoms with E-state index in [0.717, 1.165) is 60.0 Å². The van der Waals surface area contributed by atoms with E-state index in [9.17, 15) is 0 Å². The summed E-state index contributed by atoms with van der Waals surface area (Å²) in [4.78, 5) is 6.99. The van der Waals surface area contributed by atoms with Gasteiger partial charge in [0.2, 0.25) is 0 Å². The summed E-state index contributed by atoms with van der Waals surface area (Å²) in [6, 6.07) is 8.08. The van der Waals surface area contributed by atoms with Crippen LogP contribution in [0.3, 0.4) is 0 Å². The minimum atomic E-state index is 0.696. The highest BCUT2D eigenvalue weighted by atomic mass is 35.5. The Labute approximate surface area is 146 Å². The molecule has 3 heterocycles. The van der Waals surface area contributed by atoms with Crippen LogP contribution in [0.25, 0.3) is 22.6 Å². The predicted octanol–water partition coefficient (Wildman–Crippen LogP) is 3.83. The largest absolute Gasteiger partial charge is 0.370 e. The van der Waals surface area contributed by atoms with Crippen molar-refractivity contribution in [3.05, 3.63) is 47.3 Å². The van der Waals surface area contributed by atoms with Gasteiger partial charge >= 0.3 is 0 Å². The lowest BCUT2D eigenvalue weighted by molar-refractivity contribution is 0.344. The van der Waals surface area contributed by atoms with Gasteiger partial charge in [-0.05, 0) is 25.5 Å². The summed E-state index contributed by atoms with van der Waals surface area (Å²) in [7, 11) is 2.01. The maximum Gasteiger partial charge on any atom is 0.163 e. The number of hydrogen-bond donors (Lipinski definition) is 0. The number of halogens is 1. The number of aryl methyl sites for hydroxylation is 2. The van der Waals surface area contributed by atoms with E-state index in [4.69, 9.17) is 21.7 Å². The summed E-state index contributed by atoms with van der Waals surface area (Å²) < 4.78 is 4.08. The van der Waals surface area contributed by atoms with Crippen LogP contribution in [0.4, 0.5) is 0 Å². The van der Waals surface area contributed by atoms with Crippen molar-refractivity contribution >= 4 is 22.6 Å². The van der Waals surface area contributed by atoms with Crippen molar-refractivity contribution < 1.29 is 0 Å². The van der Waals surface area contributed by atoms with Crippen LogP contribution in [-0.2, 0) is 20.1 Å². The SMILES string of the molecule is C=C(C)N1CCCn2nc(-c3nc4ccccc4n3C)c(Cl)c2C1. The molecule has 24 heavy (non-hydrogen) atoms. The van der Waals surface area contributed by atoms with E-state index in [-0.39, 0.29) is 0 Å². The van der Waals surface area contributed by atoms with Crippen LogP contribution in [-0.4, -0.2) is 30.8 Å². The summed E-state index contributed by atoms with van der Waals surface area (Å²) in [5.41, 5.74) is 4.89. The first-order valence-corrected chi connectivity index (χ1v) is 8.51. The van der Waals surface area contributed by atoms with Crippen LogP contribution >= 0.6 is 11.6 Å². The lowest BCUT2D eigenvalue weighted by Gasteiger charge is -2.21. The fourth-order valence-corrected chi connectivity index (χ4v) is 3.59. The number of nitrogens with zero attached hydrogens (tertiary/aromatic N) is 5. The molecule has 0 unspecified atom stereocenters. The number of rotatable bonds is 2. The maximum atomic E-state index is 6.73. The molecule has 1 aromatic carbocycles. The standard InChI is InChI=1S/C18H20ClN5/c1-12(2)23-9-6-10-24-15(11-23)16(19)17(21-24)18-20-13-7-4-5-8-14(13)22(18)3/h4-5,7-8H,1,6,9-11H2,2-3H3. The monoisotopic (exact) mass is 341 g/mol. The molecule has 0 radical (unpaired) electrons. The Morgan fingerprint density at radius 3 is 2.79 bits per heavy atom. The molecule has 2 aromatic heterocycles. The number of fused-ring (bicyclic) bond motifs is 2. The molecule has 0 N–H and O–H groups in total. The minimum absolute atomic E-state index is 0.696. The van der Waals surface area contributed by atoms with Gasteiger partial charge in [-0.15, -0.1) is 0 Å². The van der Waals surface area contributed by atoms with Gasteiger partial charge in [-0.3, -0.25) is 4.68 Å². The van der Waals surface area contributed by atoms with Gasteiger partial charge in [0.25, 0.3) is 0 Å². The van der Waals surface area contributed by atoms with Crippen molar-refractivity contribution in [2.45, 2.75) is 26.4 Å². The van der Waals surface area contributed by atoms with Gasteiger partial charge in [0.1, 0.15) is 5.69 Å². The zero-order valence-corrected chi connectivity index (χ0v) is 14.7. The average molecular weight is 342 g/mol. The van der Waals surface area contributed by atoms with Gasteiger partial charge in [0.05, 0.1) is 28.3 Å². The first-order valence-electron chi connectivity index (χ1n) is 8.13. The van der Waals surface area contributed by atoms with Crippen LogP contribution in [0.2, 0.25) is 5.02 Å². The average Bonchev–Trinajstić information content (AvgIpc) is 2.95. The molecule has 4 rings (SSSR count). The summed E-state index contributed by atoms with van der Waals surface area (Å²) in [5.74, 6) is 0.809. The Balaban J connectivity index is 1.84. The van der Waals surface area contributed by atoms with Gasteiger partial charge < -0.3 is 9.47 Å². The van der Waals surface area contributed by atoms with E-state index in [2.05, 4.69) is 22.1 Å². The molecule has 1 aliphatic rings. The molecular weight excluding hydrogens is 322 g/mol. The minimum Gasteiger partial charge on any atom is -0.370 e. The molecule has 0 atom stereocenters. The van der Waals surface area contributed by atoms with Crippen LogP contribution in [0.1, 0.15) is 19.0 Å². The van der Waals surface area contributed by atoms with Crippen LogP contribution in [0, 0.1) is 0 Å². The zero-order chi connectivity index (χ0) is 16.8. The molecule has 6 heteroatoms. The Morgan fingerprint density at radius 1 is 1.25 bits per heavy atom. The van der Waals surface area contributed by atoms with Crippen LogP contribution < -0.4 is 0 Å². The summed E-state index contributed by atoms with van der Waals surface area (Å²) >= 11 is 6.73. The van der Waals surface area contributed by atoms with Gasteiger partial charge in [0, 0.05) is 25.8 Å². The first-order chi connectivity index (χ1) is 11.6. The van der Waals surface area contributed by atoms with Gasteiger partial charge in [0.15, 0.2) is 5.82 Å². The smallest absolute Gasteiger partial charge is 0.163 e. The molecule has 0 amide bonds. The summed E-state index contributed by atoms with van der Waals surface area (Å²) in [6.07, 6.45) is 1.03. The highest BCUT2D eigenvalue weighted by Gasteiger charge is 2.24. The Bertz CT molecular complexity index is 936. The zero-order valence-electron chi connectivity index (χ0n) is 14.0. The van der Waals surface area contributed by atoms with Gasteiger partial charge in [-0.2, -0.15) is 5.10 Å². The van der Waals surface area contributed by atoms with Crippen molar-refractivity contribution in [3.8, 4) is 11.5 Å². The normalized spacial score (nSPS) is 14.7. The molecule has 0 bridgehead atoms. The predicted molar refractivity (Wildman–Crippen MR) is 96.8 cm³/mol. The van der Waals surface area contributed by atoms with E-state index in [0.29, 0.717) is 5.02 Å². The quantitative estimate of drug-likeness (QED) is 0.711. The molecule has 1 aliphatic heterocycles. The fraction of sp³-hybridized carbons (Fsp3) is 0.333. The molecule has 124 valence electrons. The van der Waals surface area contributed by atoms with Crippen molar-refractivity contribution in [2.75, 3.05) is 6.54 Å². The van der Waals surface area contributed by atoms with E-state index in [1.54, 1.807) is 0 Å². The van der Waals surface area contributed by atoms with E-state index in [1.165, 1.54) is 0 Å².